The van der Waals surface area contributed by atoms with Gasteiger partial charge in [-0.3, -0.25) is 9.59 Å². The molecule has 5 nitrogen and oxygen atoms in total. The van der Waals surface area contributed by atoms with Gasteiger partial charge in [-0.1, -0.05) is 72.3 Å². The Labute approximate surface area is 229 Å². The van der Waals surface area contributed by atoms with Gasteiger partial charge < -0.3 is 10.8 Å². The Bertz CT molecular complexity index is 1780. The molecule has 0 aromatic heterocycles. The van der Waals surface area contributed by atoms with Crippen molar-refractivity contribution >= 4 is 56.3 Å². The molecule has 194 valence electrons. The van der Waals surface area contributed by atoms with Gasteiger partial charge in [0.15, 0.2) is 11.6 Å². The minimum atomic E-state index is -0.968. The largest absolute Gasteiger partial charge is 0.504 e. The second kappa shape index (κ2) is 9.71. The van der Waals surface area contributed by atoms with Crippen LogP contribution >= 0.6 is 11.6 Å². The summed E-state index contributed by atoms with van der Waals surface area (Å²) in [5, 5.41) is 15.0. The molecule has 5 aromatic rings. The highest BCUT2D eigenvalue weighted by atomic mass is 35.5. The van der Waals surface area contributed by atoms with E-state index in [1.807, 2.05) is 0 Å². The second-order valence-corrected chi connectivity index (χ2v) is 10.1. The number of carbonyl (C=O) groups excluding carboxylic acids is 2. The molecule has 1 heterocycles. The lowest BCUT2D eigenvalue weighted by atomic mass is 9.86. The quantitative estimate of drug-likeness (QED) is 0.100. The van der Waals surface area contributed by atoms with E-state index in [4.69, 9.17) is 17.3 Å². The first kappa shape index (κ1) is 24.9. The third kappa shape index (κ3) is 4.08. The lowest BCUT2D eigenvalue weighted by Crippen LogP contribution is -2.31. The van der Waals surface area contributed by atoms with E-state index in [0.29, 0.717) is 4.90 Å². The van der Waals surface area contributed by atoms with Crippen molar-refractivity contribution in [2.24, 2.45) is 0 Å². The summed E-state index contributed by atoms with van der Waals surface area (Å²) >= 11 is 5.60. The number of phenols is 1. The normalized spacial score (nSPS) is 14.3. The van der Waals surface area contributed by atoms with E-state index >= 15 is 0 Å². The van der Waals surface area contributed by atoms with Gasteiger partial charge in [-0.05, 0) is 76.6 Å². The maximum absolute atomic E-state index is 14.1. The topological polar surface area (TPSA) is 83.6 Å². The van der Waals surface area contributed by atoms with Gasteiger partial charge in [0.2, 0.25) is 0 Å². The van der Waals surface area contributed by atoms with Gasteiger partial charge in [0.1, 0.15) is 11.4 Å². The fourth-order valence-electron chi connectivity index (χ4n) is 5.58. The average Bonchev–Trinajstić information content (AvgIpc) is 3.21. The molecular formula is C32H24ClFN2O3. The molecular weight excluding hydrogens is 515 g/mol. The standard InChI is InChI=1S/C18H16.C14H8ClFN2O3/c1-3-7-15-13(5-1)9-11-18-16-8-4-2-6-14(16)10-12-17(15)18;15-8-5-9(16)11(10(17)12(8)19)18-13(20)6-3-1-2-4-7(6)14(18)21/h1,3,5,7,9-12H,2,4,6,8H2;1-5,19H,17H2. The number of benzene rings is 5. The number of amides is 2. The number of fused-ring (bicyclic) bond motifs is 6. The summed E-state index contributed by atoms with van der Waals surface area (Å²) in [7, 11) is 0. The highest BCUT2D eigenvalue weighted by molar-refractivity contribution is 6.36. The molecule has 5 aromatic carbocycles. The smallest absolute Gasteiger partial charge is 0.266 e. The number of nitrogen functional groups attached to an aromatic ring is 1. The zero-order valence-electron chi connectivity index (χ0n) is 20.9. The number of hydrogen-bond acceptors (Lipinski definition) is 4. The van der Waals surface area contributed by atoms with Crippen LogP contribution in [-0.2, 0) is 12.8 Å². The molecule has 1 aliphatic carbocycles. The predicted octanol–water partition coefficient (Wildman–Crippen LogP) is 7.44. The number of rotatable bonds is 1. The van der Waals surface area contributed by atoms with Crippen molar-refractivity contribution in [3.63, 3.8) is 0 Å². The van der Waals surface area contributed by atoms with Gasteiger partial charge in [0.05, 0.1) is 16.1 Å². The van der Waals surface area contributed by atoms with Crippen molar-refractivity contribution in [1.82, 2.24) is 0 Å². The first-order chi connectivity index (χ1) is 18.9. The Morgan fingerprint density at radius 3 is 2.18 bits per heavy atom. The van der Waals surface area contributed by atoms with Crippen LogP contribution in [0, 0.1) is 5.82 Å². The number of halogens is 2. The molecule has 39 heavy (non-hydrogen) atoms. The van der Waals surface area contributed by atoms with Crippen molar-refractivity contribution in [3.8, 4) is 5.75 Å². The molecule has 2 amide bonds. The number of nitrogens with zero attached hydrogens (tertiary/aromatic N) is 1. The van der Waals surface area contributed by atoms with E-state index in [2.05, 4.69) is 48.5 Å². The van der Waals surface area contributed by atoms with E-state index in [1.54, 1.807) is 23.3 Å². The molecule has 7 heteroatoms. The van der Waals surface area contributed by atoms with E-state index < -0.39 is 34.8 Å². The zero-order chi connectivity index (χ0) is 27.3. The summed E-state index contributed by atoms with van der Waals surface area (Å²) in [6.07, 6.45) is 5.22. The Hall–Kier alpha value is -4.42. The van der Waals surface area contributed by atoms with Crippen LogP contribution in [0.15, 0.2) is 78.9 Å². The summed E-state index contributed by atoms with van der Waals surface area (Å²) in [5.41, 5.74) is 8.11. The SMILES string of the molecule is Nc1c(O)c(Cl)cc(F)c1N1C(=O)c2ccccc2C1=O.c1ccc2c(c1)ccc1c3c(ccc12)CCCC3. The predicted molar refractivity (Wildman–Crippen MR) is 153 cm³/mol. The van der Waals surface area contributed by atoms with E-state index in [0.717, 1.165) is 6.07 Å². The second-order valence-electron chi connectivity index (χ2n) is 9.73. The van der Waals surface area contributed by atoms with Crippen LogP contribution in [0.3, 0.4) is 0 Å². The van der Waals surface area contributed by atoms with Crippen LogP contribution in [0.25, 0.3) is 21.5 Å². The highest BCUT2D eigenvalue weighted by Crippen LogP contribution is 2.42. The Balaban J connectivity index is 0.000000143. The van der Waals surface area contributed by atoms with Crippen LogP contribution in [0.4, 0.5) is 15.8 Å². The van der Waals surface area contributed by atoms with Crippen LogP contribution in [0.1, 0.15) is 44.7 Å². The number of aryl methyl sites for hydroxylation is 2. The fraction of sp³-hybridized carbons (Fsp3) is 0.125. The average molecular weight is 539 g/mol. The van der Waals surface area contributed by atoms with Gasteiger partial charge >= 0.3 is 0 Å². The van der Waals surface area contributed by atoms with E-state index in [-0.39, 0.29) is 16.1 Å². The number of aromatic hydroxyl groups is 1. The van der Waals surface area contributed by atoms with Crippen LogP contribution < -0.4 is 10.6 Å². The Kier molecular flexibility index (Phi) is 6.20. The van der Waals surface area contributed by atoms with Gasteiger partial charge in [0.25, 0.3) is 11.8 Å². The van der Waals surface area contributed by atoms with Crippen molar-refractivity contribution < 1.29 is 19.1 Å². The molecule has 0 spiro atoms. The summed E-state index contributed by atoms with van der Waals surface area (Å²) < 4.78 is 14.1. The van der Waals surface area contributed by atoms with E-state index in [9.17, 15) is 19.1 Å². The van der Waals surface area contributed by atoms with Gasteiger partial charge in [-0.15, -0.1) is 0 Å². The summed E-state index contributed by atoms with van der Waals surface area (Å²) in [5.74, 6) is -2.96. The maximum Gasteiger partial charge on any atom is 0.266 e. The number of anilines is 2. The highest BCUT2D eigenvalue weighted by Gasteiger charge is 2.39. The molecule has 0 fully saturated rings. The molecule has 0 saturated heterocycles. The van der Waals surface area contributed by atoms with Crippen LogP contribution in [-0.4, -0.2) is 16.9 Å². The molecule has 3 N–H and O–H groups in total. The van der Waals surface area contributed by atoms with Crippen molar-refractivity contribution in [1.29, 1.82) is 0 Å². The van der Waals surface area contributed by atoms with Crippen LogP contribution in [0.5, 0.6) is 5.75 Å². The fourth-order valence-corrected chi connectivity index (χ4v) is 5.78. The van der Waals surface area contributed by atoms with Gasteiger partial charge in [-0.2, -0.15) is 0 Å². The number of carbonyl (C=O) groups is 2. The maximum atomic E-state index is 14.1. The number of hydrogen-bond donors (Lipinski definition) is 2. The minimum Gasteiger partial charge on any atom is -0.504 e. The third-order valence-corrected chi connectivity index (χ3v) is 7.78. The Morgan fingerprint density at radius 1 is 0.795 bits per heavy atom. The van der Waals surface area contributed by atoms with Crippen molar-refractivity contribution in [2.45, 2.75) is 25.7 Å². The first-order valence-corrected chi connectivity index (χ1v) is 13.1. The van der Waals surface area contributed by atoms with Gasteiger partial charge in [-0.25, -0.2) is 9.29 Å². The molecule has 7 rings (SSSR count). The van der Waals surface area contributed by atoms with Gasteiger partial charge in [0, 0.05) is 0 Å². The lowest BCUT2D eigenvalue weighted by Gasteiger charge is -2.18. The Morgan fingerprint density at radius 2 is 1.44 bits per heavy atom. The molecule has 0 unspecified atom stereocenters. The monoisotopic (exact) mass is 538 g/mol. The first-order valence-electron chi connectivity index (χ1n) is 12.7. The summed E-state index contributed by atoms with van der Waals surface area (Å²) in [6, 6.07) is 24.9. The molecule has 0 bridgehead atoms. The summed E-state index contributed by atoms with van der Waals surface area (Å²) in [4.78, 5) is 25.2. The molecule has 0 atom stereocenters. The molecule has 0 radical (unpaired) electrons. The van der Waals surface area contributed by atoms with Crippen molar-refractivity contribution in [3.05, 3.63) is 112 Å². The number of nitrogens with two attached hydrogens (primary N) is 1. The molecule has 2 aliphatic rings. The number of phenolic OH excluding ortho intramolecular Hbond substituents is 1. The molecule has 1 aliphatic heterocycles. The van der Waals surface area contributed by atoms with Crippen LogP contribution in [0.2, 0.25) is 5.02 Å². The van der Waals surface area contributed by atoms with E-state index in [1.165, 1.54) is 59.4 Å². The summed E-state index contributed by atoms with van der Waals surface area (Å²) in [6.45, 7) is 0. The lowest BCUT2D eigenvalue weighted by molar-refractivity contribution is 0.0925. The molecule has 0 saturated carbocycles. The minimum absolute atomic E-state index is 0.149. The van der Waals surface area contributed by atoms with Crippen molar-refractivity contribution in [2.75, 3.05) is 10.6 Å². The zero-order valence-corrected chi connectivity index (χ0v) is 21.6. The third-order valence-electron chi connectivity index (χ3n) is 7.49. The number of imide groups is 1.